The lowest BCUT2D eigenvalue weighted by atomic mass is 9.81. The van der Waals surface area contributed by atoms with Gasteiger partial charge in [0.15, 0.2) is 5.82 Å². The number of H-pyrrole nitrogens is 1. The maximum Gasteiger partial charge on any atom is 0.236 e. The van der Waals surface area contributed by atoms with Crippen molar-refractivity contribution in [3.8, 4) is 17.5 Å². The summed E-state index contributed by atoms with van der Waals surface area (Å²) in [4.78, 5) is 19.1. The van der Waals surface area contributed by atoms with Crippen molar-refractivity contribution < 1.29 is 4.79 Å². The molecule has 1 aromatic heterocycles. The van der Waals surface area contributed by atoms with Crippen LogP contribution in [-0.4, -0.2) is 43.8 Å². The van der Waals surface area contributed by atoms with E-state index in [9.17, 15) is 10.1 Å². The third kappa shape index (κ3) is 4.16. The first-order chi connectivity index (χ1) is 12.9. The van der Waals surface area contributed by atoms with Crippen LogP contribution in [0.25, 0.3) is 11.4 Å². The van der Waals surface area contributed by atoms with E-state index in [2.05, 4.69) is 21.3 Å². The highest BCUT2D eigenvalue weighted by atomic mass is 32.2. The van der Waals surface area contributed by atoms with Crippen molar-refractivity contribution >= 4 is 17.7 Å². The Hall–Kier alpha value is -2.33. The SMILES string of the molecule is Cc1ccc(-c2nc(S[C@@H](C)C(=O)N(C)C3(C#N)CCCCC3)n[nH]2)cc1. The van der Waals surface area contributed by atoms with Gasteiger partial charge >= 0.3 is 0 Å². The molecular weight excluding hydrogens is 358 g/mol. The minimum atomic E-state index is -0.670. The molecule has 1 aliphatic carbocycles. The molecular formula is C20H25N5OS. The van der Waals surface area contributed by atoms with Crippen LogP contribution in [-0.2, 0) is 4.79 Å². The van der Waals surface area contributed by atoms with Crippen LogP contribution in [0.1, 0.15) is 44.6 Å². The average Bonchev–Trinajstić information content (AvgIpc) is 3.16. The molecule has 7 heteroatoms. The van der Waals surface area contributed by atoms with E-state index in [1.807, 2.05) is 38.1 Å². The van der Waals surface area contributed by atoms with Crippen LogP contribution in [0.2, 0.25) is 0 Å². The zero-order valence-electron chi connectivity index (χ0n) is 16.0. The van der Waals surface area contributed by atoms with Crippen LogP contribution in [0.15, 0.2) is 29.4 Å². The molecule has 1 fully saturated rings. The van der Waals surface area contributed by atoms with E-state index in [1.54, 1.807) is 11.9 Å². The minimum absolute atomic E-state index is 0.0508. The first-order valence-electron chi connectivity index (χ1n) is 9.30. The molecule has 1 N–H and O–H groups in total. The number of carbonyl (C=O) groups is 1. The molecule has 0 spiro atoms. The molecule has 0 bridgehead atoms. The number of hydrogen-bond acceptors (Lipinski definition) is 5. The van der Waals surface area contributed by atoms with Gasteiger partial charge in [-0.2, -0.15) is 5.26 Å². The molecule has 0 aliphatic heterocycles. The molecule has 0 unspecified atom stereocenters. The topological polar surface area (TPSA) is 85.7 Å². The Labute approximate surface area is 164 Å². The van der Waals surface area contributed by atoms with Gasteiger partial charge in [0.05, 0.1) is 11.3 Å². The summed E-state index contributed by atoms with van der Waals surface area (Å²) >= 11 is 1.32. The van der Waals surface area contributed by atoms with Crippen molar-refractivity contribution in [2.45, 2.75) is 61.9 Å². The lowest BCUT2D eigenvalue weighted by Gasteiger charge is -2.39. The van der Waals surface area contributed by atoms with E-state index in [1.165, 1.54) is 17.3 Å². The van der Waals surface area contributed by atoms with Gasteiger partial charge in [-0.05, 0) is 26.7 Å². The first-order valence-corrected chi connectivity index (χ1v) is 10.2. The molecule has 3 rings (SSSR count). The van der Waals surface area contributed by atoms with Crippen molar-refractivity contribution in [2.24, 2.45) is 0 Å². The number of rotatable bonds is 5. The van der Waals surface area contributed by atoms with Crippen LogP contribution in [0.4, 0.5) is 0 Å². The number of thioether (sulfide) groups is 1. The molecule has 0 saturated heterocycles. The van der Waals surface area contributed by atoms with Gasteiger partial charge in [-0.15, -0.1) is 5.10 Å². The van der Waals surface area contributed by atoms with Gasteiger partial charge in [0.1, 0.15) is 5.54 Å². The Kier molecular flexibility index (Phi) is 5.85. The summed E-state index contributed by atoms with van der Waals surface area (Å²) in [5.74, 6) is 0.636. The van der Waals surface area contributed by atoms with Crippen molar-refractivity contribution in [1.82, 2.24) is 20.1 Å². The van der Waals surface area contributed by atoms with Gasteiger partial charge < -0.3 is 4.90 Å². The lowest BCUT2D eigenvalue weighted by Crippen LogP contribution is -2.52. The number of nitrogens with zero attached hydrogens (tertiary/aromatic N) is 4. The smallest absolute Gasteiger partial charge is 0.236 e. The second-order valence-electron chi connectivity index (χ2n) is 7.19. The fourth-order valence-corrected chi connectivity index (χ4v) is 4.31. The lowest BCUT2D eigenvalue weighted by molar-refractivity contribution is -0.133. The van der Waals surface area contributed by atoms with Gasteiger partial charge in [0, 0.05) is 12.6 Å². The molecule has 1 aromatic carbocycles. The maximum atomic E-state index is 12.9. The van der Waals surface area contributed by atoms with E-state index in [-0.39, 0.29) is 11.2 Å². The zero-order chi connectivity index (χ0) is 19.4. The van der Waals surface area contributed by atoms with Crippen LogP contribution in [0.3, 0.4) is 0 Å². The summed E-state index contributed by atoms with van der Waals surface area (Å²) in [6, 6.07) is 10.4. The van der Waals surface area contributed by atoms with Crippen LogP contribution < -0.4 is 0 Å². The molecule has 1 heterocycles. The number of hydrogen-bond donors (Lipinski definition) is 1. The Morgan fingerprint density at radius 1 is 1.30 bits per heavy atom. The third-order valence-electron chi connectivity index (χ3n) is 5.28. The number of benzene rings is 1. The summed E-state index contributed by atoms with van der Waals surface area (Å²) in [5.41, 5.74) is 1.47. The number of carbonyl (C=O) groups excluding carboxylic acids is 1. The van der Waals surface area contributed by atoms with E-state index in [0.717, 1.165) is 37.7 Å². The zero-order valence-corrected chi connectivity index (χ0v) is 16.8. The Morgan fingerprint density at radius 3 is 2.59 bits per heavy atom. The van der Waals surface area contributed by atoms with Crippen LogP contribution >= 0.6 is 11.8 Å². The van der Waals surface area contributed by atoms with Crippen molar-refractivity contribution in [3.05, 3.63) is 29.8 Å². The van der Waals surface area contributed by atoms with Gasteiger partial charge in [0.25, 0.3) is 0 Å². The van der Waals surface area contributed by atoms with E-state index in [4.69, 9.17) is 0 Å². The standard InChI is InChI=1S/C20H25N5OS/c1-14-7-9-16(10-8-14)17-22-19(24-23-17)27-15(2)18(26)25(3)20(13-21)11-5-4-6-12-20/h7-10,15H,4-6,11-12H2,1-3H3,(H,22,23,24)/t15-/m0/s1. The van der Waals surface area contributed by atoms with Crippen molar-refractivity contribution in [1.29, 1.82) is 5.26 Å². The Balaban J connectivity index is 1.68. The monoisotopic (exact) mass is 383 g/mol. The highest BCUT2D eigenvalue weighted by Crippen LogP contribution is 2.34. The summed E-state index contributed by atoms with van der Waals surface area (Å²) in [6.07, 6.45) is 4.62. The summed E-state index contributed by atoms with van der Waals surface area (Å²) < 4.78 is 0. The number of aryl methyl sites for hydroxylation is 1. The quantitative estimate of drug-likeness (QED) is 0.790. The summed E-state index contributed by atoms with van der Waals surface area (Å²) in [6.45, 7) is 3.88. The normalized spacial score (nSPS) is 17.1. The highest BCUT2D eigenvalue weighted by Gasteiger charge is 2.40. The second kappa shape index (κ2) is 8.13. The predicted octanol–water partition coefficient (Wildman–Crippen LogP) is 3.95. The largest absolute Gasteiger partial charge is 0.326 e. The molecule has 6 nitrogen and oxygen atoms in total. The molecule has 142 valence electrons. The minimum Gasteiger partial charge on any atom is -0.326 e. The number of aromatic amines is 1. The highest BCUT2D eigenvalue weighted by molar-refractivity contribution is 8.00. The van der Waals surface area contributed by atoms with Gasteiger partial charge in [-0.3, -0.25) is 9.89 Å². The fraction of sp³-hybridized carbons (Fsp3) is 0.500. The number of nitrogens with one attached hydrogen (secondary N) is 1. The van der Waals surface area contributed by atoms with Crippen LogP contribution in [0, 0.1) is 18.3 Å². The maximum absolute atomic E-state index is 12.9. The van der Waals surface area contributed by atoms with Gasteiger partial charge in [-0.1, -0.05) is 60.9 Å². The first kappa shape index (κ1) is 19.4. The van der Waals surface area contributed by atoms with E-state index < -0.39 is 5.54 Å². The molecule has 2 aromatic rings. The van der Waals surface area contributed by atoms with Gasteiger partial charge in [-0.25, -0.2) is 4.98 Å². The Morgan fingerprint density at radius 2 is 1.96 bits per heavy atom. The second-order valence-corrected chi connectivity index (χ2v) is 8.50. The van der Waals surface area contributed by atoms with Crippen molar-refractivity contribution in [2.75, 3.05) is 7.05 Å². The van der Waals surface area contributed by atoms with E-state index in [0.29, 0.717) is 11.0 Å². The average molecular weight is 384 g/mol. The van der Waals surface area contributed by atoms with Crippen molar-refractivity contribution in [3.63, 3.8) is 0 Å². The molecule has 1 aliphatic rings. The molecule has 27 heavy (non-hydrogen) atoms. The fourth-order valence-electron chi connectivity index (χ4n) is 3.49. The summed E-state index contributed by atoms with van der Waals surface area (Å²) in [5, 5.41) is 17.1. The van der Waals surface area contributed by atoms with Crippen LogP contribution in [0.5, 0.6) is 0 Å². The molecule has 1 amide bonds. The summed E-state index contributed by atoms with van der Waals surface area (Å²) in [7, 11) is 1.75. The molecule has 1 saturated carbocycles. The number of nitriles is 1. The van der Waals surface area contributed by atoms with E-state index >= 15 is 0 Å². The molecule has 1 atom stereocenters. The Bertz CT molecular complexity index is 833. The molecule has 0 radical (unpaired) electrons. The van der Waals surface area contributed by atoms with Gasteiger partial charge in [0.2, 0.25) is 11.1 Å². The third-order valence-corrected chi connectivity index (χ3v) is 6.23. The predicted molar refractivity (Wildman–Crippen MR) is 106 cm³/mol. The number of aromatic nitrogens is 3. The number of amides is 1.